The number of aliphatic imine (C=N–C) groups is 1. The van der Waals surface area contributed by atoms with E-state index in [0.717, 1.165) is 63.6 Å². The Labute approximate surface area is 186 Å². The predicted octanol–water partition coefficient (Wildman–Crippen LogP) is 2.35. The third-order valence-corrected chi connectivity index (χ3v) is 5.59. The first-order valence-electron chi connectivity index (χ1n) is 10.5. The van der Waals surface area contributed by atoms with E-state index in [-0.39, 0.29) is 24.0 Å². The van der Waals surface area contributed by atoms with Crippen molar-refractivity contribution >= 4 is 35.9 Å². The molecule has 0 spiro atoms. The summed E-state index contributed by atoms with van der Waals surface area (Å²) in [4.78, 5) is 18.3. The molecular formula is C20H36IN7. The summed E-state index contributed by atoms with van der Waals surface area (Å²) in [7, 11) is 0. The molecule has 2 heterocycles. The van der Waals surface area contributed by atoms with Gasteiger partial charge in [-0.1, -0.05) is 6.92 Å². The largest absolute Gasteiger partial charge is 0.357 e. The normalized spacial score (nSPS) is 23.8. The molecule has 0 amide bonds. The molecule has 0 bridgehead atoms. The van der Waals surface area contributed by atoms with Gasteiger partial charge >= 0.3 is 0 Å². The molecule has 0 unspecified atom stereocenters. The van der Waals surface area contributed by atoms with Crippen LogP contribution in [0.15, 0.2) is 23.5 Å². The summed E-state index contributed by atoms with van der Waals surface area (Å²) in [5.41, 5.74) is 0. The number of nitrogens with one attached hydrogen (secondary N) is 2. The summed E-state index contributed by atoms with van der Waals surface area (Å²) in [6.07, 6.45) is 8.79. The fourth-order valence-electron chi connectivity index (χ4n) is 3.85. The summed E-state index contributed by atoms with van der Waals surface area (Å²) in [5.74, 6) is 2.70. The highest BCUT2D eigenvalue weighted by Crippen LogP contribution is 2.23. The third kappa shape index (κ3) is 7.35. The van der Waals surface area contributed by atoms with Gasteiger partial charge in [0.15, 0.2) is 5.96 Å². The lowest BCUT2D eigenvalue weighted by Crippen LogP contribution is -2.48. The quantitative estimate of drug-likeness (QED) is 0.355. The van der Waals surface area contributed by atoms with Crippen molar-refractivity contribution in [2.45, 2.75) is 45.6 Å². The maximum absolute atomic E-state index is 4.81. The van der Waals surface area contributed by atoms with E-state index < -0.39 is 0 Å². The van der Waals surface area contributed by atoms with Gasteiger partial charge in [0.2, 0.25) is 5.95 Å². The third-order valence-electron chi connectivity index (χ3n) is 5.59. The molecule has 1 saturated carbocycles. The van der Waals surface area contributed by atoms with E-state index in [4.69, 9.17) is 4.99 Å². The predicted molar refractivity (Wildman–Crippen MR) is 127 cm³/mol. The van der Waals surface area contributed by atoms with Gasteiger partial charge in [-0.05, 0) is 44.6 Å². The molecule has 1 saturated heterocycles. The van der Waals surface area contributed by atoms with Crippen LogP contribution in [0.3, 0.4) is 0 Å². The molecule has 7 nitrogen and oxygen atoms in total. The van der Waals surface area contributed by atoms with E-state index in [1.54, 1.807) is 0 Å². The Kier molecular flexibility index (Phi) is 10.3. The van der Waals surface area contributed by atoms with E-state index in [2.05, 4.69) is 44.2 Å². The van der Waals surface area contributed by atoms with Crippen LogP contribution >= 0.6 is 24.0 Å². The first-order valence-corrected chi connectivity index (χ1v) is 10.5. The molecule has 0 atom stereocenters. The van der Waals surface area contributed by atoms with Crippen LogP contribution in [0.4, 0.5) is 5.95 Å². The van der Waals surface area contributed by atoms with E-state index in [1.807, 2.05) is 18.5 Å². The number of guanidine groups is 1. The zero-order valence-electron chi connectivity index (χ0n) is 17.3. The lowest BCUT2D eigenvalue weighted by Gasteiger charge is -2.34. The zero-order valence-corrected chi connectivity index (χ0v) is 19.6. The van der Waals surface area contributed by atoms with Crippen LogP contribution in [0.1, 0.15) is 39.5 Å². The minimum atomic E-state index is 0. The molecule has 2 fully saturated rings. The first-order chi connectivity index (χ1) is 13.2. The second-order valence-corrected chi connectivity index (χ2v) is 7.74. The highest BCUT2D eigenvalue weighted by atomic mass is 127. The van der Waals surface area contributed by atoms with Gasteiger partial charge in [-0.2, -0.15) is 0 Å². The Morgan fingerprint density at radius 1 is 1.11 bits per heavy atom. The van der Waals surface area contributed by atoms with Crippen molar-refractivity contribution in [2.24, 2.45) is 10.9 Å². The number of hydrogen-bond acceptors (Lipinski definition) is 5. The van der Waals surface area contributed by atoms with Crippen molar-refractivity contribution in [1.29, 1.82) is 0 Å². The van der Waals surface area contributed by atoms with Crippen LogP contribution in [0.2, 0.25) is 0 Å². The lowest BCUT2D eigenvalue weighted by molar-refractivity contribution is 0.263. The molecule has 158 valence electrons. The lowest BCUT2D eigenvalue weighted by atomic mass is 9.87. The number of piperazine rings is 1. The van der Waals surface area contributed by atoms with Crippen molar-refractivity contribution in [1.82, 2.24) is 25.5 Å². The van der Waals surface area contributed by atoms with E-state index in [9.17, 15) is 0 Å². The SMILES string of the molecule is CCNC(=NCCN1CCN(c2ncccn2)CC1)NC1CCC(C)CC1.I. The summed E-state index contributed by atoms with van der Waals surface area (Å²) in [6, 6.07) is 2.44. The summed E-state index contributed by atoms with van der Waals surface area (Å²) in [5, 5.41) is 7.04. The van der Waals surface area contributed by atoms with E-state index in [0.29, 0.717) is 6.04 Å². The molecule has 3 rings (SSSR count). The minimum absolute atomic E-state index is 0. The van der Waals surface area contributed by atoms with Crippen LogP contribution < -0.4 is 15.5 Å². The second kappa shape index (κ2) is 12.4. The smallest absolute Gasteiger partial charge is 0.225 e. The van der Waals surface area contributed by atoms with E-state index in [1.165, 1.54) is 25.7 Å². The standard InChI is InChI=1S/C20H35N7.HI/c1-3-21-19(25-18-7-5-17(2)6-8-18)22-11-12-26-13-15-27(16-14-26)20-23-9-4-10-24-20;/h4,9-10,17-18H,3,5-8,11-16H2,1-2H3,(H2,21,22,25);1H. The van der Waals surface area contributed by atoms with Crippen LogP contribution in [-0.2, 0) is 0 Å². The summed E-state index contributed by atoms with van der Waals surface area (Å²) in [6.45, 7) is 11.3. The van der Waals surface area contributed by atoms with Gasteiger partial charge in [0.05, 0.1) is 6.54 Å². The molecular weight excluding hydrogens is 465 g/mol. The van der Waals surface area contributed by atoms with Gasteiger partial charge in [0, 0.05) is 57.7 Å². The zero-order chi connectivity index (χ0) is 18.9. The van der Waals surface area contributed by atoms with Gasteiger partial charge < -0.3 is 15.5 Å². The highest BCUT2D eigenvalue weighted by Gasteiger charge is 2.20. The van der Waals surface area contributed by atoms with Crippen molar-refractivity contribution in [2.75, 3.05) is 50.7 Å². The molecule has 1 aliphatic carbocycles. The molecule has 2 aliphatic rings. The number of aromatic nitrogens is 2. The van der Waals surface area contributed by atoms with Gasteiger partial charge in [0.25, 0.3) is 0 Å². The van der Waals surface area contributed by atoms with Gasteiger partial charge in [-0.3, -0.25) is 9.89 Å². The Morgan fingerprint density at radius 3 is 2.43 bits per heavy atom. The second-order valence-electron chi connectivity index (χ2n) is 7.74. The Balaban J connectivity index is 0.00000280. The first kappa shape index (κ1) is 23.1. The van der Waals surface area contributed by atoms with Crippen molar-refractivity contribution < 1.29 is 0 Å². The van der Waals surface area contributed by atoms with Gasteiger partial charge in [0.1, 0.15) is 0 Å². The number of rotatable bonds is 6. The number of nitrogens with zero attached hydrogens (tertiary/aromatic N) is 5. The maximum atomic E-state index is 4.81. The van der Waals surface area contributed by atoms with Crippen molar-refractivity contribution in [3.8, 4) is 0 Å². The molecule has 28 heavy (non-hydrogen) atoms. The van der Waals surface area contributed by atoms with E-state index >= 15 is 0 Å². The summed E-state index contributed by atoms with van der Waals surface area (Å²) < 4.78 is 0. The highest BCUT2D eigenvalue weighted by molar-refractivity contribution is 14.0. The molecule has 0 aromatic carbocycles. The van der Waals surface area contributed by atoms with Gasteiger partial charge in [-0.25, -0.2) is 9.97 Å². The number of anilines is 1. The fraction of sp³-hybridized carbons (Fsp3) is 0.750. The fourth-order valence-corrected chi connectivity index (χ4v) is 3.85. The van der Waals surface area contributed by atoms with Gasteiger partial charge in [-0.15, -0.1) is 24.0 Å². The Hall–Kier alpha value is -1.16. The molecule has 8 heteroatoms. The Bertz CT molecular complexity index is 567. The maximum Gasteiger partial charge on any atom is 0.225 e. The molecule has 0 radical (unpaired) electrons. The van der Waals surface area contributed by atoms with Crippen molar-refractivity contribution in [3.05, 3.63) is 18.5 Å². The number of hydrogen-bond donors (Lipinski definition) is 2. The molecule has 2 N–H and O–H groups in total. The van der Waals surface area contributed by atoms with Crippen LogP contribution in [0.25, 0.3) is 0 Å². The van der Waals surface area contributed by atoms with Crippen LogP contribution in [0, 0.1) is 5.92 Å². The topological polar surface area (TPSA) is 68.7 Å². The number of halogens is 1. The average molecular weight is 501 g/mol. The molecule has 1 aromatic rings. The molecule has 1 aliphatic heterocycles. The minimum Gasteiger partial charge on any atom is -0.357 e. The van der Waals surface area contributed by atoms with Crippen LogP contribution in [-0.4, -0.2) is 72.7 Å². The summed E-state index contributed by atoms with van der Waals surface area (Å²) >= 11 is 0. The average Bonchev–Trinajstić information content (AvgIpc) is 2.71. The monoisotopic (exact) mass is 501 g/mol. The van der Waals surface area contributed by atoms with Crippen molar-refractivity contribution in [3.63, 3.8) is 0 Å². The van der Waals surface area contributed by atoms with Crippen LogP contribution in [0.5, 0.6) is 0 Å². The Morgan fingerprint density at radius 2 is 1.79 bits per heavy atom. The molecule has 1 aromatic heterocycles.